The van der Waals surface area contributed by atoms with E-state index in [1.807, 2.05) is 0 Å². The van der Waals surface area contributed by atoms with Crippen molar-refractivity contribution in [2.45, 2.75) is 6.42 Å². The third kappa shape index (κ3) is 3.30. The van der Waals surface area contributed by atoms with E-state index in [4.69, 9.17) is 16.3 Å². The summed E-state index contributed by atoms with van der Waals surface area (Å²) in [7, 11) is 2.59. The van der Waals surface area contributed by atoms with E-state index < -0.39 is 24.0 Å². The zero-order valence-corrected chi connectivity index (χ0v) is 10.6. The van der Waals surface area contributed by atoms with Crippen molar-refractivity contribution in [2.24, 2.45) is 0 Å². The van der Waals surface area contributed by atoms with E-state index in [-0.39, 0.29) is 10.6 Å². The molecular formula is C12H11ClO5. The summed E-state index contributed by atoms with van der Waals surface area (Å²) in [5.74, 6) is -1.99. The quantitative estimate of drug-likeness (QED) is 0.352. The summed E-state index contributed by atoms with van der Waals surface area (Å²) in [6.45, 7) is 0. The summed E-state index contributed by atoms with van der Waals surface area (Å²) in [6, 6.07) is 4.30. The van der Waals surface area contributed by atoms with E-state index in [0.717, 1.165) is 7.11 Å². The molecule has 0 aliphatic carbocycles. The van der Waals surface area contributed by atoms with Gasteiger partial charge in [-0.15, -0.1) is 0 Å². The van der Waals surface area contributed by atoms with Gasteiger partial charge in [-0.2, -0.15) is 0 Å². The standard InChI is InChI=1S/C12H11ClO5/c1-17-7-3-4-8(9(13)5-7)12(16)10(14)6-11(15)18-2/h3-5H,6H2,1-2H3. The van der Waals surface area contributed by atoms with Gasteiger partial charge in [-0.3, -0.25) is 14.4 Å². The number of benzene rings is 1. The van der Waals surface area contributed by atoms with Crippen LogP contribution in [-0.4, -0.2) is 31.8 Å². The van der Waals surface area contributed by atoms with Crippen LogP contribution in [0.3, 0.4) is 0 Å². The largest absolute Gasteiger partial charge is 0.497 e. The Hall–Kier alpha value is -1.88. The van der Waals surface area contributed by atoms with Crippen molar-refractivity contribution >= 4 is 29.1 Å². The molecule has 0 spiro atoms. The third-order valence-corrected chi connectivity index (χ3v) is 2.52. The van der Waals surface area contributed by atoms with Gasteiger partial charge < -0.3 is 9.47 Å². The summed E-state index contributed by atoms with van der Waals surface area (Å²) in [5, 5.41) is 0.0950. The van der Waals surface area contributed by atoms with Crippen LogP contribution in [-0.2, 0) is 14.3 Å². The Morgan fingerprint density at radius 3 is 2.39 bits per heavy atom. The van der Waals surface area contributed by atoms with Gasteiger partial charge in [0.2, 0.25) is 11.6 Å². The van der Waals surface area contributed by atoms with Crippen molar-refractivity contribution in [3.8, 4) is 5.75 Å². The topological polar surface area (TPSA) is 69.7 Å². The highest BCUT2D eigenvalue weighted by molar-refractivity contribution is 6.49. The second-order valence-corrected chi connectivity index (χ2v) is 3.76. The molecule has 0 atom stereocenters. The van der Waals surface area contributed by atoms with E-state index in [1.165, 1.54) is 25.3 Å². The van der Waals surface area contributed by atoms with Crippen molar-refractivity contribution in [1.29, 1.82) is 0 Å². The smallest absolute Gasteiger partial charge is 0.313 e. The number of hydrogen-bond donors (Lipinski definition) is 0. The van der Waals surface area contributed by atoms with Crippen molar-refractivity contribution in [3.63, 3.8) is 0 Å². The summed E-state index contributed by atoms with van der Waals surface area (Å²) in [6.07, 6.45) is -0.600. The molecule has 0 unspecified atom stereocenters. The molecule has 0 saturated carbocycles. The minimum atomic E-state index is -0.867. The Balaban J connectivity index is 2.90. The zero-order chi connectivity index (χ0) is 13.7. The van der Waals surface area contributed by atoms with E-state index in [1.54, 1.807) is 0 Å². The number of halogens is 1. The first-order chi connectivity index (χ1) is 8.49. The third-order valence-electron chi connectivity index (χ3n) is 2.21. The van der Waals surface area contributed by atoms with Crippen LogP contribution in [0.1, 0.15) is 16.8 Å². The van der Waals surface area contributed by atoms with Gasteiger partial charge in [-0.1, -0.05) is 11.6 Å². The molecule has 1 rings (SSSR count). The van der Waals surface area contributed by atoms with Crippen LogP contribution in [0.2, 0.25) is 5.02 Å². The molecule has 0 amide bonds. The molecule has 96 valence electrons. The minimum absolute atomic E-state index is 0.0337. The first kappa shape index (κ1) is 14.2. The van der Waals surface area contributed by atoms with Gasteiger partial charge in [0.15, 0.2) is 0 Å². The highest BCUT2D eigenvalue weighted by Gasteiger charge is 2.22. The van der Waals surface area contributed by atoms with Gasteiger partial charge >= 0.3 is 5.97 Å². The van der Waals surface area contributed by atoms with Gasteiger partial charge in [0.1, 0.15) is 12.2 Å². The number of esters is 1. The molecule has 6 heteroatoms. The van der Waals surface area contributed by atoms with E-state index in [9.17, 15) is 14.4 Å². The fraction of sp³-hybridized carbons (Fsp3) is 0.250. The molecule has 0 heterocycles. The van der Waals surface area contributed by atoms with Gasteiger partial charge in [0, 0.05) is 5.56 Å². The van der Waals surface area contributed by atoms with Crippen LogP contribution in [0.5, 0.6) is 5.75 Å². The summed E-state index contributed by atoms with van der Waals surface area (Å²) >= 11 is 5.85. The molecule has 0 fully saturated rings. The van der Waals surface area contributed by atoms with Crippen LogP contribution in [0.4, 0.5) is 0 Å². The molecule has 18 heavy (non-hydrogen) atoms. The van der Waals surface area contributed by atoms with Gasteiger partial charge in [0.05, 0.1) is 19.2 Å². The summed E-state index contributed by atoms with van der Waals surface area (Å²) < 4.78 is 9.23. The molecule has 0 aliphatic rings. The molecular weight excluding hydrogens is 260 g/mol. The number of carbonyl (C=O) groups excluding carboxylic acids is 3. The molecule has 0 N–H and O–H groups in total. The maximum atomic E-state index is 11.7. The number of carbonyl (C=O) groups is 3. The Kier molecular flexibility index (Phi) is 4.85. The molecule has 0 aliphatic heterocycles. The van der Waals surface area contributed by atoms with E-state index in [2.05, 4.69) is 4.74 Å². The highest BCUT2D eigenvalue weighted by atomic mass is 35.5. The van der Waals surface area contributed by atoms with E-state index >= 15 is 0 Å². The maximum Gasteiger partial charge on any atom is 0.313 e. The molecule has 0 radical (unpaired) electrons. The van der Waals surface area contributed by atoms with Crippen LogP contribution in [0.25, 0.3) is 0 Å². The average Bonchev–Trinajstić information content (AvgIpc) is 2.37. The second kappa shape index (κ2) is 6.16. The monoisotopic (exact) mass is 270 g/mol. The number of Topliss-reactive ketones (excluding diaryl/α,β-unsaturated/α-hetero) is 2. The SMILES string of the molecule is COC(=O)CC(=O)C(=O)c1ccc(OC)cc1Cl. The van der Waals surface area contributed by atoms with Crippen molar-refractivity contribution < 1.29 is 23.9 Å². The summed E-state index contributed by atoms with van der Waals surface area (Å²) in [4.78, 5) is 34.1. The van der Waals surface area contributed by atoms with Crippen LogP contribution < -0.4 is 4.74 Å². The molecule has 0 saturated heterocycles. The second-order valence-electron chi connectivity index (χ2n) is 3.35. The lowest BCUT2D eigenvalue weighted by Crippen LogP contribution is -2.19. The lowest BCUT2D eigenvalue weighted by molar-refractivity contribution is -0.142. The molecule has 0 aromatic heterocycles. The molecule has 0 bridgehead atoms. The predicted molar refractivity (Wildman–Crippen MR) is 64.0 cm³/mol. The average molecular weight is 271 g/mol. The van der Waals surface area contributed by atoms with Crippen LogP contribution in [0.15, 0.2) is 18.2 Å². The fourth-order valence-corrected chi connectivity index (χ4v) is 1.50. The minimum Gasteiger partial charge on any atom is -0.497 e. The van der Waals surface area contributed by atoms with Crippen LogP contribution >= 0.6 is 11.6 Å². The molecule has 1 aromatic rings. The fourth-order valence-electron chi connectivity index (χ4n) is 1.24. The van der Waals surface area contributed by atoms with Gasteiger partial charge in [-0.05, 0) is 18.2 Å². The number of methoxy groups -OCH3 is 2. The van der Waals surface area contributed by atoms with Gasteiger partial charge in [-0.25, -0.2) is 0 Å². The maximum absolute atomic E-state index is 11.7. The number of hydrogen-bond acceptors (Lipinski definition) is 5. The highest BCUT2D eigenvalue weighted by Crippen LogP contribution is 2.23. The van der Waals surface area contributed by atoms with Crippen LogP contribution in [0, 0.1) is 0 Å². The Labute approximate surface area is 109 Å². The van der Waals surface area contributed by atoms with Crippen molar-refractivity contribution in [2.75, 3.05) is 14.2 Å². The molecule has 1 aromatic carbocycles. The normalized spacial score (nSPS) is 9.72. The Morgan fingerprint density at radius 2 is 1.89 bits per heavy atom. The predicted octanol–water partition coefficient (Wildman–Crippen LogP) is 1.66. The van der Waals surface area contributed by atoms with Crippen molar-refractivity contribution in [3.05, 3.63) is 28.8 Å². The first-order valence-electron chi connectivity index (χ1n) is 4.97. The lowest BCUT2D eigenvalue weighted by Gasteiger charge is -2.05. The van der Waals surface area contributed by atoms with Crippen molar-refractivity contribution in [1.82, 2.24) is 0 Å². The zero-order valence-electron chi connectivity index (χ0n) is 9.86. The lowest BCUT2D eigenvalue weighted by atomic mass is 10.1. The number of rotatable bonds is 5. The Morgan fingerprint density at radius 1 is 1.22 bits per heavy atom. The number of ether oxygens (including phenoxy) is 2. The van der Waals surface area contributed by atoms with Gasteiger partial charge in [0.25, 0.3) is 0 Å². The number of ketones is 2. The van der Waals surface area contributed by atoms with E-state index in [0.29, 0.717) is 5.75 Å². The summed E-state index contributed by atoms with van der Waals surface area (Å²) in [5.41, 5.74) is 0.0337. The molecule has 5 nitrogen and oxygen atoms in total. The first-order valence-corrected chi connectivity index (χ1v) is 5.35. The Bertz CT molecular complexity index is 495.